The van der Waals surface area contributed by atoms with Crippen LogP contribution in [0.4, 0.5) is 0 Å². The minimum atomic E-state index is 0.323. The van der Waals surface area contributed by atoms with Crippen LogP contribution in [0.2, 0.25) is 0 Å². The molecule has 0 bridgehead atoms. The maximum atomic E-state index is 11.9. The Morgan fingerprint density at radius 1 is 1.38 bits per heavy atom. The van der Waals surface area contributed by atoms with Gasteiger partial charge in [-0.1, -0.05) is 12.1 Å². The Hall–Kier alpha value is -0.580. The summed E-state index contributed by atoms with van der Waals surface area (Å²) < 4.78 is 1.23. The van der Waals surface area contributed by atoms with Gasteiger partial charge in [0.25, 0.3) is 0 Å². The van der Waals surface area contributed by atoms with Crippen LogP contribution in [0.1, 0.15) is 25.3 Å². The molecule has 2 rings (SSSR count). The van der Waals surface area contributed by atoms with Gasteiger partial charge >= 0.3 is 0 Å². The van der Waals surface area contributed by atoms with Crippen LogP contribution in [0.25, 0.3) is 0 Å². The van der Waals surface area contributed by atoms with Gasteiger partial charge in [0.1, 0.15) is 0 Å². The first-order chi connectivity index (χ1) is 7.70. The van der Waals surface area contributed by atoms with Crippen molar-refractivity contribution >= 4 is 28.5 Å². The average molecular weight is 329 g/mol. The molecule has 16 heavy (non-hydrogen) atoms. The molecule has 2 nitrogen and oxygen atoms in total. The maximum absolute atomic E-state index is 11.9. The standard InChI is InChI=1S/C13H16INO/c1-2-15(13(16)11-5-6-11)9-10-3-7-12(14)8-4-10/h3-4,7-8,11H,2,5-6,9H2,1H3. The van der Waals surface area contributed by atoms with E-state index >= 15 is 0 Å². The zero-order valence-corrected chi connectivity index (χ0v) is 11.6. The fourth-order valence-corrected chi connectivity index (χ4v) is 2.10. The van der Waals surface area contributed by atoms with E-state index in [1.807, 2.05) is 11.8 Å². The third-order valence-electron chi connectivity index (χ3n) is 2.91. The zero-order valence-electron chi connectivity index (χ0n) is 9.45. The van der Waals surface area contributed by atoms with Gasteiger partial charge in [0.05, 0.1) is 0 Å². The molecule has 86 valence electrons. The Labute approximate surface area is 110 Å². The van der Waals surface area contributed by atoms with E-state index in [4.69, 9.17) is 0 Å². The van der Waals surface area contributed by atoms with Gasteiger partial charge in [-0.25, -0.2) is 0 Å². The molecule has 0 saturated heterocycles. The van der Waals surface area contributed by atoms with E-state index in [2.05, 4.69) is 46.9 Å². The second-order valence-electron chi connectivity index (χ2n) is 4.25. The van der Waals surface area contributed by atoms with Gasteiger partial charge in [0.15, 0.2) is 0 Å². The summed E-state index contributed by atoms with van der Waals surface area (Å²) in [5, 5.41) is 0. The van der Waals surface area contributed by atoms with Crippen LogP contribution in [0.15, 0.2) is 24.3 Å². The number of rotatable bonds is 4. The molecule has 1 aromatic carbocycles. The summed E-state index contributed by atoms with van der Waals surface area (Å²) in [5.74, 6) is 0.657. The summed E-state index contributed by atoms with van der Waals surface area (Å²) in [6.07, 6.45) is 2.17. The molecule has 3 heteroatoms. The summed E-state index contributed by atoms with van der Waals surface area (Å²) in [6.45, 7) is 3.61. The molecular formula is C13H16INO. The lowest BCUT2D eigenvalue weighted by atomic mass is 10.2. The van der Waals surface area contributed by atoms with Gasteiger partial charge in [-0.2, -0.15) is 0 Å². The average Bonchev–Trinajstić information content (AvgIpc) is 3.11. The first-order valence-corrected chi connectivity index (χ1v) is 6.82. The third kappa shape index (κ3) is 2.97. The fraction of sp³-hybridized carbons (Fsp3) is 0.462. The molecule has 0 unspecified atom stereocenters. The highest BCUT2D eigenvalue weighted by Gasteiger charge is 2.32. The molecule has 0 heterocycles. The normalized spacial score (nSPS) is 14.9. The molecule has 1 amide bonds. The van der Waals surface area contributed by atoms with E-state index in [1.54, 1.807) is 0 Å². The predicted octanol–water partition coefficient (Wildman–Crippen LogP) is 3.05. The van der Waals surface area contributed by atoms with Crippen molar-refractivity contribution in [2.75, 3.05) is 6.54 Å². The van der Waals surface area contributed by atoms with Crippen molar-refractivity contribution in [1.82, 2.24) is 4.90 Å². The number of hydrogen-bond acceptors (Lipinski definition) is 1. The van der Waals surface area contributed by atoms with Crippen molar-refractivity contribution in [3.8, 4) is 0 Å². The Morgan fingerprint density at radius 3 is 2.50 bits per heavy atom. The number of carbonyl (C=O) groups is 1. The van der Waals surface area contributed by atoms with Crippen molar-refractivity contribution in [2.45, 2.75) is 26.3 Å². The molecule has 1 saturated carbocycles. The van der Waals surface area contributed by atoms with Crippen LogP contribution in [0.3, 0.4) is 0 Å². The first kappa shape index (κ1) is 11.9. The van der Waals surface area contributed by atoms with Crippen molar-refractivity contribution in [3.63, 3.8) is 0 Å². The van der Waals surface area contributed by atoms with Crippen LogP contribution < -0.4 is 0 Å². The van der Waals surface area contributed by atoms with E-state index in [-0.39, 0.29) is 0 Å². The molecule has 1 aromatic rings. The third-order valence-corrected chi connectivity index (χ3v) is 3.63. The van der Waals surface area contributed by atoms with Crippen molar-refractivity contribution in [3.05, 3.63) is 33.4 Å². The number of carbonyl (C=O) groups excluding carboxylic acids is 1. The van der Waals surface area contributed by atoms with Crippen LogP contribution >= 0.6 is 22.6 Å². The summed E-state index contributed by atoms with van der Waals surface area (Å²) in [4.78, 5) is 13.9. The lowest BCUT2D eigenvalue weighted by molar-refractivity contribution is -0.132. The molecule has 0 atom stereocenters. The van der Waals surface area contributed by atoms with Gasteiger partial charge in [0.2, 0.25) is 5.91 Å². The summed E-state index contributed by atoms with van der Waals surface area (Å²) >= 11 is 2.29. The predicted molar refractivity (Wildman–Crippen MR) is 73.0 cm³/mol. The Bertz CT molecular complexity index is 370. The van der Waals surface area contributed by atoms with Crippen molar-refractivity contribution in [2.24, 2.45) is 5.92 Å². The Morgan fingerprint density at radius 2 is 2.00 bits per heavy atom. The quantitative estimate of drug-likeness (QED) is 0.778. The van der Waals surface area contributed by atoms with Crippen LogP contribution in [-0.2, 0) is 11.3 Å². The SMILES string of the molecule is CCN(Cc1ccc(I)cc1)C(=O)C1CC1. The van der Waals surface area contributed by atoms with E-state index < -0.39 is 0 Å². The van der Waals surface area contributed by atoms with E-state index in [0.29, 0.717) is 11.8 Å². The molecule has 0 radical (unpaired) electrons. The molecule has 1 aliphatic carbocycles. The monoisotopic (exact) mass is 329 g/mol. The topological polar surface area (TPSA) is 20.3 Å². The van der Waals surface area contributed by atoms with E-state index in [0.717, 1.165) is 25.9 Å². The van der Waals surface area contributed by atoms with E-state index in [9.17, 15) is 4.79 Å². The number of halogens is 1. The first-order valence-electron chi connectivity index (χ1n) is 5.74. The summed E-state index contributed by atoms with van der Waals surface area (Å²) in [7, 11) is 0. The van der Waals surface area contributed by atoms with Gasteiger partial charge in [-0.15, -0.1) is 0 Å². The summed E-state index contributed by atoms with van der Waals surface area (Å²) in [5.41, 5.74) is 1.22. The lowest BCUT2D eigenvalue weighted by Crippen LogP contribution is -2.31. The van der Waals surface area contributed by atoms with Gasteiger partial charge in [0, 0.05) is 22.6 Å². The maximum Gasteiger partial charge on any atom is 0.225 e. The molecule has 0 N–H and O–H groups in total. The highest BCUT2D eigenvalue weighted by Crippen LogP contribution is 2.31. The zero-order chi connectivity index (χ0) is 11.5. The highest BCUT2D eigenvalue weighted by molar-refractivity contribution is 14.1. The minimum Gasteiger partial charge on any atom is -0.338 e. The van der Waals surface area contributed by atoms with Gasteiger partial charge < -0.3 is 4.90 Å². The molecular weight excluding hydrogens is 313 g/mol. The second-order valence-corrected chi connectivity index (χ2v) is 5.50. The lowest BCUT2D eigenvalue weighted by Gasteiger charge is -2.20. The van der Waals surface area contributed by atoms with Crippen molar-refractivity contribution < 1.29 is 4.79 Å². The molecule has 0 aliphatic heterocycles. The van der Waals surface area contributed by atoms with Crippen LogP contribution in [0.5, 0.6) is 0 Å². The van der Waals surface area contributed by atoms with Crippen LogP contribution in [0, 0.1) is 9.49 Å². The fourth-order valence-electron chi connectivity index (χ4n) is 1.74. The molecule has 0 aromatic heterocycles. The molecule has 0 spiro atoms. The van der Waals surface area contributed by atoms with Gasteiger partial charge in [-0.3, -0.25) is 4.79 Å². The molecule has 1 aliphatic rings. The second kappa shape index (κ2) is 5.17. The van der Waals surface area contributed by atoms with E-state index in [1.165, 1.54) is 9.13 Å². The Kier molecular flexibility index (Phi) is 3.84. The van der Waals surface area contributed by atoms with Crippen molar-refractivity contribution in [1.29, 1.82) is 0 Å². The molecule has 1 fully saturated rings. The smallest absolute Gasteiger partial charge is 0.225 e. The number of hydrogen-bond donors (Lipinski definition) is 0. The van der Waals surface area contributed by atoms with Gasteiger partial charge in [-0.05, 0) is 60.1 Å². The number of nitrogens with zero attached hydrogens (tertiary/aromatic N) is 1. The highest BCUT2D eigenvalue weighted by atomic mass is 127. The Balaban J connectivity index is 2.00. The summed E-state index contributed by atoms with van der Waals surface area (Å²) in [6, 6.07) is 8.38. The largest absolute Gasteiger partial charge is 0.338 e. The number of benzene rings is 1. The van der Waals surface area contributed by atoms with Crippen LogP contribution in [-0.4, -0.2) is 17.4 Å². The minimum absolute atomic E-state index is 0.323. The number of amides is 1.